The Bertz CT molecular complexity index is 674. The van der Waals surface area contributed by atoms with Crippen molar-refractivity contribution in [1.82, 2.24) is 4.72 Å². The zero-order chi connectivity index (χ0) is 21.4. The summed E-state index contributed by atoms with van der Waals surface area (Å²) in [5.74, 6) is -0.631. The first-order valence-corrected chi connectivity index (χ1v) is 12.8. The third-order valence-electron chi connectivity index (χ3n) is 5.25. The molecule has 166 valence electrons. The summed E-state index contributed by atoms with van der Waals surface area (Å²) >= 11 is 0. The molecule has 0 bridgehead atoms. The highest BCUT2D eigenvalue weighted by molar-refractivity contribution is 7.89. The molecule has 0 aromatic heterocycles. The highest BCUT2D eigenvalue weighted by atomic mass is 32.2. The fraction of sp³-hybridized carbons (Fsp3) is 0.696. The van der Waals surface area contributed by atoms with Crippen LogP contribution >= 0.6 is 0 Å². The number of hydrogen-bond donors (Lipinski definition) is 2. The van der Waals surface area contributed by atoms with Gasteiger partial charge in [-0.2, -0.15) is 0 Å². The predicted octanol–water partition coefficient (Wildman–Crippen LogP) is 5.55. The number of amides is 1. The maximum Gasteiger partial charge on any atom is 0.248 e. The van der Waals surface area contributed by atoms with Crippen LogP contribution in [0.1, 0.15) is 107 Å². The third kappa shape index (κ3) is 12.0. The van der Waals surface area contributed by atoms with Crippen LogP contribution in [0.2, 0.25) is 0 Å². The van der Waals surface area contributed by atoms with E-state index in [-0.39, 0.29) is 10.5 Å². The predicted molar refractivity (Wildman–Crippen MR) is 120 cm³/mol. The van der Waals surface area contributed by atoms with Crippen molar-refractivity contribution in [1.29, 1.82) is 0 Å². The van der Waals surface area contributed by atoms with Crippen LogP contribution in [0.25, 0.3) is 0 Å². The van der Waals surface area contributed by atoms with Crippen molar-refractivity contribution in [2.24, 2.45) is 5.73 Å². The van der Waals surface area contributed by atoms with E-state index in [0.29, 0.717) is 6.54 Å². The van der Waals surface area contributed by atoms with Crippen molar-refractivity contribution in [2.45, 2.75) is 102 Å². The molecule has 6 heteroatoms. The van der Waals surface area contributed by atoms with Gasteiger partial charge in [0.25, 0.3) is 0 Å². The number of carbonyl (C=O) groups is 1. The molecule has 0 aliphatic heterocycles. The fourth-order valence-corrected chi connectivity index (χ4v) is 4.55. The van der Waals surface area contributed by atoms with Gasteiger partial charge in [0.15, 0.2) is 0 Å². The number of nitrogens with two attached hydrogens (primary N) is 1. The van der Waals surface area contributed by atoms with Crippen molar-refractivity contribution in [3.05, 3.63) is 29.8 Å². The highest BCUT2D eigenvalue weighted by Gasteiger charge is 2.14. The normalized spacial score (nSPS) is 11.6. The number of sulfonamides is 1. The summed E-state index contributed by atoms with van der Waals surface area (Å²) < 4.78 is 27.2. The summed E-state index contributed by atoms with van der Waals surface area (Å²) in [4.78, 5) is 11.3. The van der Waals surface area contributed by atoms with Crippen LogP contribution in [-0.2, 0) is 10.0 Å². The third-order valence-corrected chi connectivity index (χ3v) is 6.71. The fourth-order valence-electron chi connectivity index (χ4n) is 3.43. The Hall–Kier alpha value is -1.40. The lowest BCUT2D eigenvalue weighted by molar-refractivity contribution is 0.1000. The first kappa shape index (κ1) is 25.6. The SMILES string of the molecule is CCCCCCCCCCCCCCCCNS(=O)(=O)c1cccc(C(N)=O)c1. The van der Waals surface area contributed by atoms with E-state index in [1.807, 2.05) is 0 Å². The van der Waals surface area contributed by atoms with Crippen molar-refractivity contribution >= 4 is 15.9 Å². The van der Waals surface area contributed by atoms with Crippen LogP contribution < -0.4 is 10.5 Å². The average molecular weight is 425 g/mol. The number of hydrogen-bond acceptors (Lipinski definition) is 3. The molecule has 1 aromatic carbocycles. The van der Waals surface area contributed by atoms with Gasteiger partial charge in [0.1, 0.15) is 0 Å². The molecule has 0 unspecified atom stereocenters. The molecule has 0 radical (unpaired) electrons. The first-order valence-electron chi connectivity index (χ1n) is 11.4. The topological polar surface area (TPSA) is 89.3 Å². The molecule has 5 nitrogen and oxygen atoms in total. The second-order valence-corrected chi connectivity index (χ2v) is 9.65. The van der Waals surface area contributed by atoms with Crippen molar-refractivity contribution in [3.8, 4) is 0 Å². The van der Waals surface area contributed by atoms with E-state index in [1.165, 1.54) is 94.9 Å². The molecule has 0 saturated carbocycles. The number of nitrogens with one attached hydrogen (secondary N) is 1. The molecule has 3 N–H and O–H groups in total. The first-order chi connectivity index (χ1) is 14.0. The minimum absolute atomic E-state index is 0.0826. The van der Waals surface area contributed by atoms with Crippen molar-refractivity contribution < 1.29 is 13.2 Å². The molecule has 0 spiro atoms. The maximum absolute atomic E-state index is 12.3. The number of unbranched alkanes of at least 4 members (excludes halogenated alkanes) is 13. The summed E-state index contributed by atoms with van der Waals surface area (Å²) in [5, 5.41) is 0. The monoisotopic (exact) mass is 424 g/mol. The summed E-state index contributed by atoms with van der Waals surface area (Å²) in [6, 6.07) is 5.83. The van der Waals surface area contributed by atoms with Crippen molar-refractivity contribution in [2.75, 3.05) is 6.54 Å². The van der Waals surface area contributed by atoms with Gasteiger partial charge in [-0.15, -0.1) is 0 Å². The van der Waals surface area contributed by atoms with E-state index in [4.69, 9.17) is 5.73 Å². The Morgan fingerprint density at radius 1 is 0.828 bits per heavy atom. The van der Waals surface area contributed by atoms with Gasteiger partial charge in [-0.05, 0) is 24.6 Å². The van der Waals surface area contributed by atoms with E-state index in [1.54, 1.807) is 0 Å². The summed E-state index contributed by atoms with van der Waals surface area (Å²) in [5.41, 5.74) is 5.41. The number of benzene rings is 1. The molecule has 1 rings (SSSR count). The summed E-state index contributed by atoms with van der Waals surface area (Å²) in [7, 11) is -3.59. The van der Waals surface area contributed by atoms with E-state index >= 15 is 0 Å². The molecule has 1 aromatic rings. The minimum atomic E-state index is -3.59. The van der Waals surface area contributed by atoms with Gasteiger partial charge in [-0.3, -0.25) is 4.79 Å². The molecule has 0 aliphatic carbocycles. The molecular formula is C23H40N2O3S. The second-order valence-electron chi connectivity index (χ2n) is 7.89. The van der Waals surface area contributed by atoms with Gasteiger partial charge < -0.3 is 5.73 Å². The number of rotatable bonds is 18. The molecule has 0 atom stereocenters. The largest absolute Gasteiger partial charge is 0.366 e. The van der Waals surface area contributed by atoms with E-state index in [9.17, 15) is 13.2 Å². The number of primary amides is 1. The lowest BCUT2D eigenvalue weighted by Gasteiger charge is -2.08. The Morgan fingerprint density at radius 2 is 1.31 bits per heavy atom. The van der Waals surface area contributed by atoms with Gasteiger partial charge in [0.05, 0.1) is 4.90 Å². The van der Waals surface area contributed by atoms with E-state index in [2.05, 4.69) is 11.6 Å². The lowest BCUT2D eigenvalue weighted by Crippen LogP contribution is -2.25. The molecule has 0 heterocycles. The average Bonchev–Trinajstić information content (AvgIpc) is 2.71. The van der Waals surface area contributed by atoms with Gasteiger partial charge in [0.2, 0.25) is 15.9 Å². The van der Waals surface area contributed by atoms with Crippen LogP contribution in [0.4, 0.5) is 0 Å². The molecule has 0 saturated heterocycles. The smallest absolute Gasteiger partial charge is 0.248 e. The molecule has 29 heavy (non-hydrogen) atoms. The molecular weight excluding hydrogens is 384 g/mol. The van der Waals surface area contributed by atoms with Crippen molar-refractivity contribution in [3.63, 3.8) is 0 Å². The minimum Gasteiger partial charge on any atom is -0.366 e. The molecule has 0 fully saturated rings. The zero-order valence-electron chi connectivity index (χ0n) is 18.1. The molecule has 0 aliphatic rings. The quantitative estimate of drug-likeness (QED) is 0.303. The zero-order valence-corrected chi connectivity index (χ0v) is 18.9. The highest BCUT2D eigenvalue weighted by Crippen LogP contribution is 2.14. The standard InChI is InChI=1S/C23H40N2O3S/c1-2-3-4-5-6-7-8-9-10-11-12-13-14-15-19-25-29(27,28)22-18-16-17-21(20-22)23(24)26/h16-18,20,25H,2-15,19H2,1H3,(H2,24,26). The Kier molecular flexibility index (Phi) is 13.7. The lowest BCUT2D eigenvalue weighted by atomic mass is 10.0. The van der Waals surface area contributed by atoms with Gasteiger partial charge in [-0.1, -0.05) is 96.5 Å². The van der Waals surface area contributed by atoms with Crippen LogP contribution in [-0.4, -0.2) is 20.9 Å². The van der Waals surface area contributed by atoms with Gasteiger partial charge >= 0.3 is 0 Å². The molecule has 1 amide bonds. The Labute approximate surface area is 177 Å². The van der Waals surface area contributed by atoms with Crippen LogP contribution in [0.15, 0.2) is 29.2 Å². The van der Waals surface area contributed by atoms with Gasteiger partial charge in [0, 0.05) is 12.1 Å². The van der Waals surface area contributed by atoms with Gasteiger partial charge in [-0.25, -0.2) is 13.1 Å². The van der Waals surface area contributed by atoms with Crippen LogP contribution in [0.3, 0.4) is 0 Å². The second kappa shape index (κ2) is 15.4. The van der Waals surface area contributed by atoms with E-state index < -0.39 is 15.9 Å². The number of carbonyl (C=O) groups excluding carboxylic acids is 1. The Balaban J connectivity index is 2.01. The Morgan fingerprint density at radius 3 is 1.79 bits per heavy atom. The van der Waals surface area contributed by atoms with Crippen LogP contribution in [0, 0.1) is 0 Å². The maximum atomic E-state index is 12.3. The summed E-state index contributed by atoms with van der Waals surface area (Å²) in [6.07, 6.45) is 17.8. The summed E-state index contributed by atoms with van der Waals surface area (Å²) in [6.45, 7) is 2.67. The van der Waals surface area contributed by atoms with Crippen LogP contribution in [0.5, 0.6) is 0 Å². The van der Waals surface area contributed by atoms with E-state index in [0.717, 1.165) is 19.3 Å².